The average molecular weight is 751 g/mol. The second-order valence-corrected chi connectivity index (χ2v) is 11.9. The molecule has 1 aromatic heterocycles. The van der Waals surface area contributed by atoms with Gasteiger partial charge in [0.1, 0.15) is 11.5 Å². The summed E-state index contributed by atoms with van der Waals surface area (Å²) in [6.07, 6.45) is -15.7. The number of nitrogens with two attached hydrogens (primary N) is 1. The Balaban J connectivity index is 1.88. The number of carbonyl (C=O) groups excluding carboxylic acids is 2. The van der Waals surface area contributed by atoms with Crippen LogP contribution in [0.25, 0.3) is 0 Å². The minimum absolute atomic E-state index is 0.0280. The van der Waals surface area contributed by atoms with E-state index in [1.165, 1.54) is 6.92 Å². The third kappa shape index (κ3) is 9.24. The highest BCUT2D eigenvalue weighted by Gasteiger charge is 2.47. The molecule has 18 heteroatoms. The van der Waals surface area contributed by atoms with Crippen LogP contribution in [-0.2, 0) is 39.2 Å². The van der Waals surface area contributed by atoms with Crippen LogP contribution in [0, 0.1) is 0 Å². The number of ether oxygens (including phenoxy) is 3. The summed E-state index contributed by atoms with van der Waals surface area (Å²) in [6, 6.07) is 3.63. The number of rotatable bonds is 11. The molecule has 4 rings (SSSR count). The predicted molar refractivity (Wildman–Crippen MR) is 167 cm³/mol. The second-order valence-electron chi connectivity index (χ2n) is 11.9. The first kappa shape index (κ1) is 40.2. The van der Waals surface area contributed by atoms with Crippen molar-refractivity contribution >= 4 is 17.7 Å². The number of anilines is 1. The number of carbonyl (C=O) groups is 2. The van der Waals surface area contributed by atoms with E-state index >= 15 is 0 Å². The molecule has 0 aliphatic carbocycles. The smallest absolute Gasteiger partial charge is 0.416 e. The van der Waals surface area contributed by atoms with Gasteiger partial charge in [0.05, 0.1) is 54.1 Å². The number of halogens is 9. The summed E-state index contributed by atoms with van der Waals surface area (Å²) < 4.78 is 140. The monoisotopic (exact) mass is 750 g/mol. The third-order valence-electron chi connectivity index (χ3n) is 8.30. The van der Waals surface area contributed by atoms with Crippen LogP contribution in [0.5, 0.6) is 5.75 Å². The SMILES string of the molecule is CCOC(=O)CCCOc1cnc([C@H]2C[C@@](N)(CC)N(C(=O)OCC)c3ccc(C(F)(F)F)cc32)nc1Cc1cc(C(F)(F)F)cc(C(F)(F)F)c1. The molecule has 2 N–H and O–H groups in total. The Hall–Kier alpha value is -4.61. The number of fused-ring (bicyclic) bond motifs is 1. The molecule has 0 radical (unpaired) electrons. The lowest BCUT2D eigenvalue weighted by molar-refractivity contribution is -0.144. The molecule has 2 atom stereocenters. The molecule has 1 aliphatic heterocycles. The fraction of sp³-hybridized carbons (Fsp3) is 0.471. The fourth-order valence-electron chi connectivity index (χ4n) is 5.79. The van der Waals surface area contributed by atoms with Crippen LogP contribution in [0.15, 0.2) is 42.6 Å². The molecule has 1 amide bonds. The quantitative estimate of drug-likeness (QED) is 0.118. The van der Waals surface area contributed by atoms with Crippen molar-refractivity contribution in [1.29, 1.82) is 0 Å². The van der Waals surface area contributed by atoms with E-state index in [9.17, 15) is 49.1 Å². The van der Waals surface area contributed by atoms with Gasteiger partial charge in [0.25, 0.3) is 0 Å². The van der Waals surface area contributed by atoms with Gasteiger partial charge in [-0.3, -0.25) is 9.69 Å². The largest absolute Gasteiger partial charge is 0.490 e. The van der Waals surface area contributed by atoms with E-state index < -0.39 is 70.8 Å². The van der Waals surface area contributed by atoms with Gasteiger partial charge in [0.15, 0.2) is 5.75 Å². The molecule has 52 heavy (non-hydrogen) atoms. The van der Waals surface area contributed by atoms with Gasteiger partial charge < -0.3 is 19.9 Å². The van der Waals surface area contributed by atoms with E-state index in [4.69, 9.17) is 19.9 Å². The average Bonchev–Trinajstić information content (AvgIpc) is 3.05. The van der Waals surface area contributed by atoms with Crippen LogP contribution in [0.1, 0.15) is 91.7 Å². The molecule has 0 fully saturated rings. The lowest BCUT2D eigenvalue weighted by atomic mass is 9.80. The van der Waals surface area contributed by atoms with Crippen LogP contribution >= 0.6 is 0 Å². The van der Waals surface area contributed by atoms with Gasteiger partial charge >= 0.3 is 30.6 Å². The van der Waals surface area contributed by atoms with Crippen LogP contribution < -0.4 is 15.4 Å². The zero-order valence-corrected chi connectivity index (χ0v) is 28.1. The van der Waals surface area contributed by atoms with Crippen LogP contribution in [-0.4, -0.2) is 47.5 Å². The lowest BCUT2D eigenvalue weighted by Crippen LogP contribution is -2.61. The molecule has 0 unspecified atom stereocenters. The first-order valence-electron chi connectivity index (χ1n) is 16.1. The minimum atomic E-state index is -5.14. The van der Waals surface area contributed by atoms with E-state index in [0.29, 0.717) is 12.1 Å². The zero-order valence-electron chi connectivity index (χ0n) is 28.1. The summed E-state index contributed by atoms with van der Waals surface area (Å²) in [5.74, 6) is -2.05. The molecule has 0 saturated carbocycles. The van der Waals surface area contributed by atoms with Gasteiger partial charge in [-0.2, -0.15) is 39.5 Å². The summed E-state index contributed by atoms with van der Waals surface area (Å²) in [6.45, 7) is 4.65. The maximum atomic E-state index is 13.9. The van der Waals surface area contributed by atoms with E-state index in [0.717, 1.165) is 29.3 Å². The number of hydrogen-bond donors (Lipinski definition) is 1. The number of hydrogen-bond acceptors (Lipinski definition) is 8. The number of aromatic nitrogens is 2. The molecule has 0 spiro atoms. The summed E-state index contributed by atoms with van der Waals surface area (Å²) in [5, 5.41) is 0. The second kappa shape index (κ2) is 15.6. The predicted octanol–water partition coefficient (Wildman–Crippen LogP) is 8.41. The Bertz CT molecular complexity index is 1730. The van der Waals surface area contributed by atoms with Gasteiger partial charge in [-0.25, -0.2) is 14.8 Å². The van der Waals surface area contributed by atoms with E-state index in [1.807, 2.05) is 0 Å². The highest BCUT2D eigenvalue weighted by Crippen LogP contribution is 2.47. The number of benzene rings is 2. The highest BCUT2D eigenvalue weighted by molar-refractivity contribution is 5.91. The van der Waals surface area contributed by atoms with Crippen molar-refractivity contribution in [1.82, 2.24) is 9.97 Å². The van der Waals surface area contributed by atoms with Gasteiger partial charge in [-0.1, -0.05) is 6.92 Å². The van der Waals surface area contributed by atoms with Crippen molar-refractivity contribution in [2.45, 2.75) is 83.0 Å². The van der Waals surface area contributed by atoms with E-state index in [-0.39, 0.29) is 80.1 Å². The van der Waals surface area contributed by atoms with Crippen molar-refractivity contribution in [3.63, 3.8) is 0 Å². The molecule has 3 aromatic rings. The van der Waals surface area contributed by atoms with E-state index in [2.05, 4.69) is 9.97 Å². The molecule has 0 saturated heterocycles. The van der Waals surface area contributed by atoms with Crippen molar-refractivity contribution in [3.8, 4) is 5.75 Å². The Kier molecular flexibility index (Phi) is 12.0. The van der Waals surface area contributed by atoms with Gasteiger partial charge in [-0.05, 0) is 80.6 Å². The van der Waals surface area contributed by atoms with E-state index in [1.54, 1.807) is 13.8 Å². The van der Waals surface area contributed by atoms with Gasteiger partial charge in [-0.15, -0.1) is 0 Å². The highest BCUT2D eigenvalue weighted by atomic mass is 19.4. The molecule has 2 heterocycles. The fourth-order valence-corrected chi connectivity index (χ4v) is 5.79. The first-order valence-corrected chi connectivity index (χ1v) is 16.1. The van der Waals surface area contributed by atoms with Crippen molar-refractivity contribution in [2.24, 2.45) is 5.73 Å². The standard InChI is InChI=1S/C34H35F9N4O5/c1-4-31(44)17-24(23-16-20(32(35,36)37)9-10-26(23)47(31)30(49)51-6-3)29-45-18-27(52-11-7-8-28(48)50-5-2)25(46-29)14-19-12-21(33(38,39)40)15-22(13-19)34(41,42)43/h9-10,12-13,15-16,18,24H,4-8,11,14,17,44H2,1-3H3/t24-,31+/m0/s1. The van der Waals surface area contributed by atoms with Crippen LogP contribution in [0.2, 0.25) is 0 Å². The Morgan fingerprint density at radius 2 is 1.50 bits per heavy atom. The summed E-state index contributed by atoms with van der Waals surface area (Å²) in [4.78, 5) is 34.7. The van der Waals surface area contributed by atoms with Crippen LogP contribution in [0.3, 0.4) is 0 Å². The topological polar surface area (TPSA) is 117 Å². The number of esters is 1. The molecule has 0 bridgehead atoms. The summed E-state index contributed by atoms with van der Waals surface area (Å²) in [5.41, 5.74) is 0.157. The Labute approximate surface area is 292 Å². The van der Waals surface area contributed by atoms with Gasteiger partial charge in [0, 0.05) is 18.8 Å². The normalized spacial score (nSPS) is 17.8. The van der Waals surface area contributed by atoms with Crippen molar-refractivity contribution in [2.75, 3.05) is 24.7 Å². The summed E-state index contributed by atoms with van der Waals surface area (Å²) >= 11 is 0. The number of alkyl halides is 9. The minimum Gasteiger partial charge on any atom is -0.490 e. The molecule has 9 nitrogen and oxygen atoms in total. The van der Waals surface area contributed by atoms with Crippen LogP contribution in [0.4, 0.5) is 50.0 Å². The molecule has 284 valence electrons. The zero-order chi connectivity index (χ0) is 38.6. The maximum absolute atomic E-state index is 13.9. The lowest BCUT2D eigenvalue weighted by Gasteiger charge is -2.46. The van der Waals surface area contributed by atoms with Gasteiger partial charge in [0.2, 0.25) is 0 Å². The molecular weight excluding hydrogens is 715 g/mol. The maximum Gasteiger partial charge on any atom is 0.416 e. The molecule has 1 aliphatic rings. The Morgan fingerprint density at radius 1 is 0.885 bits per heavy atom. The van der Waals surface area contributed by atoms with Crippen molar-refractivity contribution in [3.05, 3.63) is 81.9 Å². The summed E-state index contributed by atoms with van der Waals surface area (Å²) in [7, 11) is 0. The Morgan fingerprint density at radius 3 is 2.06 bits per heavy atom. The number of amides is 1. The van der Waals surface area contributed by atoms with Crippen molar-refractivity contribution < 1.29 is 63.3 Å². The molecular formula is C34H35F9N4O5. The first-order chi connectivity index (χ1) is 24.2. The number of nitrogens with zero attached hydrogens (tertiary/aromatic N) is 3. The molecule has 2 aromatic carbocycles. The third-order valence-corrected chi connectivity index (χ3v) is 8.30.